The molecule has 0 N–H and O–H groups in total. The first kappa shape index (κ1) is 17.3. The number of esters is 2. The molecule has 1 aromatic carbocycles. The predicted molar refractivity (Wildman–Crippen MR) is 74.1 cm³/mol. The van der Waals surface area contributed by atoms with Crippen LogP contribution in [0, 0.1) is 11.8 Å². The Kier molecular flexibility index (Phi) is 5.63. The van der Waals surface area contributed by atoms with Crippen molar-refractivity contribution >= 4 is 11.9 Å². The van der Waals surface area contributed by atoms with E-state index in [0.29, 0.717) is 12.0 Å². The summed E-state index contributed by atoms with van der Waals surface area (Å²) < 4.78 is 49.1. The zero-order chi connectivity index (χ0) is 16.9. The van der Waals surface area contributed by atoms with E-state index in [1.54, 1.807) is 30.3 Å². The van der Waals surface area contributed by atoms with Crippen LogP contribution < -0.4 is 0 Å². The van der Waals surface area contributed by atoms with Gasteiger partial charge in [-0.15, -0.1) is 0 Å². The molecule has 126 valence electrons. The van der Waals surface area contributed by atoms with Gasteiger partial charge in [0.2, 0.25) is 0 Å². The summed E-state index contributed by atoms with van der Waals surface area (Å²) in [6, 6.07) is 8.65. The van der Waals surface area contributed by atoms with E-state index in [1.807, 2.05) is 0 Å². The molecule has 0 unspecified atom stereocenters. The number of rotatable bonds is 5. The van der Waals surface area contributed by atoms with Crippen LogP contribution in [0.3, 0.4) is 0 Å². The second kappa shape index (κ2) is 7.48. The fourth-order valence-electron chi connectivity index (χ4n) is 2.53. The van der Waals surface area contributed by atoms with Crippen molar-refractivity contribution in [3.63, 3.8) is 0 Å². The molecule has 1 saturated heterocycles. The highest BCUT2D eigenvalue weighted by Crippen LogP contribution is 2.39. The number of hydrogen-bond acceptors (Lipinski definition) is 4. The van der Waals surface area contributed by atoms with Crippen LogP contribution in [0.15, 0.2) is 30.3 Å². The van der Waals surface area contributed by atoms with Crippen molar-refractivity contribution < 1.29 is 32.2 Å². The molecule has 0 amide bonds. The lowest BCUT2D eigenvalue weighted by Crippen LogP contribution is -2.39. The Bertz CT molecular complexity index is 542. The maximum Gasteiger partial charge on any atom is 0.393 e. The normalized spacial score (nSPS) is 19.8. The summed E-state index contributed by atoms with van der Waals surface area (Å²) in [6.07, 6.45) is -5.11. The standard InChI is InChI=1S/C16H17F3O4/c17-16(18,19)13(12-7-4-8-22-15(12)21)9-14(20)23-10-11-5-2-1-3-6-11/h1-3,5-6,12-13H,4,7-10H2/t12-,13+/m1/s1. The van der Waals surface area contributed by atoms with Gasteiger partial charge < -0.3 is 9.47 Å². The van der Waals surface area contributed by atoms with Crippen molar-refractivity contribution in [3.8, 4) is 0 Å². The molecule has 7 heteroatoms. The second-order valence-corrected chi connectivity index (χ2v) is 5.41. The van der Waals surface area contributed by atoms with Gasteiger partial charge in [-0.2, -0.15) is 13.2 Å². The minimum absolute atomic E-state index is 0.0645. The van der Waals surface area contributed by atoms with Gasteiger partial charge in [0.15, 0.2) is 0 Å². The van der Waals surface area contributed by atoms with E-state index in [-0.39, 0.29) is 19.6 Å². The molecular formula is C16H17F3O4. The quantitative estimate of drug-likeness (QED) is 0.778. The maximum atomic E-state index is 13.2. The minimum atomic E-state index is -4.66. The Labute approximate surface area is 131 Å². The van der Waals surface area contributed by atoms with E-state index >= 15 is 0 Å². The highest BCUT2D eigenvalue weighted by atomic mass is 19.4. The molecular weight excluding hydrogens is 313 g/mol. The van der Waals surface area contributed by atoms with Crippen molar-refractivity contribution in [1.82, 2.24) is 0 Å². The van der Waals surface area contributed by atoms with Gasteiger partial charge in [0.05, 0.1) is 24.9 Å². The van der Waals surface area contributed by atoms with Crippen LogP contribution in [0.4, 0.5) is 13.2 Å². The fraction of sp³-hybridized carbons (Fsp3) is 0.500. The molecule has 0 saturated carbocycles. The van der Waals surface area contributed by atoms with E-state index in [4.69, 9.17) is 4.74 Å². The zero-order valence-electron chi connectivity index (χ0n) is 12.3. The van der Waals surface area contributed by atoms with Gasteiger partial charge in [-0.3, -0.25) is 9.59 Å². The third kappa shape index (κ3) is 4.97. The monoisotopic (exact) mass is 330 g/mol. The summed E-state index contributed by atoms with van der Waals surface area (Å²) in [4.78, 5) is 23.3. The molecule has 1 heterocycles. The Balaban J connectivity index is 1.97. The highest BCUT2D eigenvalue weighted by Gasteiger charge is 2.49. The lowest BCUT2D eigenvalue weighted by atomic mass is 9.84. The molecule has 0 spiro atoms. The highest BCUT2D eigenvalue weighted by molar-refractivity contribution is 5.76. The van der Waals surface area contributed by atoms with E-state index in [1.165, 1.54) is 0 Å². The first-order valence-corrected chi connectivity index (χ1v) is 7.31. The van der Waals surface area contributed by atoms with Crippen LogP contribution in [-0.4, -0.2) is 24.7 Å². The van der Waals surface area contributed by atoms with Gasteiger partial charge in [0.25, 0.3) is 0 Å². The smallest absolute Gasteiger partial charge is 0.393 e. The van der Waals surface area contributed by atoms with Crippen molar-refractivity contribution in [2.45, 2.75) is 32.0 Å². The molecule has 4 nitrogen and oxygen atoms in total. The van der Waals surface area contributed by atoms with E-state index in [0.717, 1.165) is 0 Å². The Morgan fingerprint density at radius 1 is 1.30 bits per heavy atom. The fourth-order valence-corrected chi connectivity index (χ4v) is 2.53. The topological polar surface area (TPSA) is 52.6 Å². The van der Waals surface area contributed by atoms with Gasteiger partial charge in [0, 0.05) is 0 Å². The first-order chi connectivity index (χ1) is 10.9. The number of carbonyl (C=O) groups is 2. The molecule has 23 heavy (non-hydrogen) atoms. The predicted octanol–water partition coefficient (Wildman–Crippen LogP) is 3.25. The van der Waals surface area contributed by atoms with Crippen molar-refractivity contribution in [3.05, 3.63) is 35.9 Å². The SMILES string of the molecule is O=C(C[C@@H]([C@H]1CCCOC1=O)C(F)(F)F)OCc1ccccc1. The van der Waals surface area contributed by atoms with E-state index in [2.05, 4.69) is 4.74 Å². The third-order valence-electron chi connectivity index (χ3n) is 3.74. The number of ether oxygens (including phenoxy) is 2. The van der Waals surface area contributed by atoms with E-state index in [9.17, 15) is 22.8 Å². The third-order valence-corrected chi connectivity index (χ3v) is 3.74. The van der Waals surface area contributed by atoms with Crippen LogP contribution >= 0.6 is 0 Å². The molecule has 0 bridgehead atoms. The van der Waals surface area contributed by atoms with Crippen LogP contribution in [0.1, 0.15) is 24.8 Å². The van der Waals surface area contributed by atoms with Gasteiger partial charge in [-0.25, -0.2) is 0 Å². The lowest BCUT2D eigenvalue weighted by Gasteiger charge is -2.29. The van der Waals surface area contributed by atoms with Gasteiger partial charge in [-0.05, 0) is 18.4 Å². The molecule has 1 aliphatic rings. The molecule has 1 fully saturated rings. The van der Waals surface area contributed by atoms with Crippen molar-refractivity contribution in [2.24, 2.45) is 11.8 Å². The molecule has 2 atom stereocenters. The first-order valence-electron chi connectivity index (χ1n) is 7.31. The number of carbonyl (C=O) groups excluding carboxylic acids is 2. The average Bonchev–Trinajstić information content (AvgIpc) is 2.51. The Morgan fingerprint density at radius 2 is 2.00 bits per heavy atom. The minimum Gasteiger partial charge on any atom is -0.465 e. The van der Waals surface area contributed by atoms with E-state index < -0.39 is 36.4 Å². The number of alkyl halides is 3. The maximum absolute atomic E-state index is 13.2. The second-order valence-electron chi connectivity index (χ2n) is 5.41. The summed E-state index contributed by atoms with van der Waals surface area (Å²) in [6.45, 7) is 0.0255. The number of hydrogen-bond donors (Lipinski definition) is 0. The van der Waals surface area contributed by atoms with Crippen molar-refractivity contribution in [2.75, 3.05) is 6.61 Å². The van der Waals surface area contributed by atoms with Gasteiger partial charge >= 0.3 is 18.1 Å². The van der Waals surface area contributed by atoms with Crippen LogP contribution in [0.5, 0.6) is 0 Å². The molecule has 2 rings (SSSR count). The summed E-state index contributed by atoms with van der Waals surface area (Å²) >= 11 is 0. The molecule has 1 aliphatic heterocycles. The largest absolute Gasteiger partial charge is 0.465 e. The van der Waals surface area contributed by atoms with Gasteiger partial charge in [-0.1, -0.05) is 30.3 Å². The molecule has 0 aromatic heterocycles. The van der Waals surface area contributed by atoms with Crippen LogP contribution in [0.25, 0.3) is 0 Å². The van der Waals surface area contributed by atoms with Crippen LogP contribution in [-0.2, 0) is 25.7 Å². The van der Waals surface area contributed by atoms with Gasteiger partial charge in [0.1, 0.15) is 6.61 Å². The zero-order valence-corrected chi connectivity index (χ0v) is 12.3. The Morgan fingerprint density at radius 3 is 2.61 bits per heavy atom. The number of halogens is 3. The summed E-state index contributed by atoms with van der Waals surface area (Å²) in [5.74, 6) is -5.28. The molecule has 1 aromatic rings. The average molecular weight is 330 g/mol. The summed E-state index contributed by atoms with van der Waals surface area (Å²) in [5, 5.41) is 0. The summed E-state index contributed by atoms with van der Waals surface area (Å²) in [7, 11) is 0. The summed E-state index contributed by atoms with van der Waals surface area (Å²) in [5.41, 5.74) is 0.682. The van der Waals surface area contributed by atoms with Crippen LogP contribution in [0.2, 0.25) is 0 Å². The Hall–Kier alpha value is -2.05. The van der Waals surface area contributed by atoms with Crippen molar-refractivity contribution in [1.29, 1.82) is 0 Å². The number of cyclic esters (lactones) is 1. The molecule has 0 radical (unpaired) electrons. The number of benzene rings is 1. The lowest BCUT2D eigenvalue weighted by molar-refractivity contribution is -0.208. The molecule has 0 aliphatic carbocycles.